The van der Waals surface area contributed by atoms with Gasteiger partial charge in [-0.25, -0.2) is 0 Å². The number of amides is 1. The van der Waals surface area contributed by atoms with Gasteiger partial charge in [0.05, 0.1) is 12.4 Å². The number of halogens is 1. The van der Waals surface area contributed by atoms with Gasteiger partial charge in [0.15, 0.2) is 0 Å². The van der Waals surface area contributed by atoms with Crippen LogP contribution in [-0.4, -0.2) is 18.3 Å². The number of carbonyl (C=O) groups excluding carboxylic acids is 1. The maximum absolute atomic E-state index is 12.2. The molecule has 0 radical (unpaired) electrons. The van der Waals surface area contributed by atoms with Crippen LogP contribution >= 0.6 is 27.7 Å². The molecule has 2 aromatic carbocycles. The van der Waals surface area contributed by atoms with Gasteiger partial charge in [-0.15, -0.1) is 11.8 Å². The summed E-state index contributed by atoms with van der Waals surface area (Å²) in [5, 5.41) is 2.71. The fraction of sp³-hybridized carbons (Fsp3) is 0.188. The highest BCUT2D eigenvalue weighted by Crippen LogP contribution is 2.27. The predicted molar refractivity (Wildman–Crippen MR) is 91.1 cm³/mol. The third kappa shape index (κ3) is 4.79. The second-order valence-electron chi connectivity index (χ2n) is 4.44. The van der Waals surface area contributed by atoms with Crippen molar-refractivity contribution >= 4 is 39.3 Å². The molecule has 0 fully saturated rings. The Hall–Kier alpha value is -1.46. The lowest BCUT2D eigenvalue weighted by atomic mass is 10.3. The highest BCUT2D eigenvalue weighted by atomic mass is 79.9. The van der Waals surface area contributed by atoms with E-state index in [1.807, 2.05) is 55.5 Å². The van der Waals surface area contributed by atoms with Gasteiger partial charge in [-0.3, -0.25) is 4.79 Å². The van der Waals surface area contributed by atoms with Crippen LogP contribution in [-0.2, 0) is 4.79 Å². The van der Waals surface area contributed by atoms with E-state index < -0.39 is 0 Å². The molecule has 0 aliphatic heterocycles. The molecule has 0 saturated heterocycles. The number of ether oxygens (including phenoxy) is 1. The van der Waals surface area contributed by atoms with Gasteiger partial charge in [0.25, 0.3) is 0 Å². The van der Waals surface area contributed by atoms with Crippen LogP contribution in [0.1, 0.15) is 6.92 Å². The van der Waals surface area contributed by atoms with E-state index in [4.69, 9.17) is 4.74 Å². The molecular formula is C16H16BrNO2S. The van der Waals surface area contributed by atoms with Crippen molar-refractivity contribution in [3.05, 3.63) is 53.0 Å². The molecule has 0 spiro atoms. The van der Waals surface area contributed by atoms with E-state index in [9.17, 15) is 4.79 Å². The lowest BCUT2D eigenvalue weighted by molar-refractivity contribution is -0.115. The Morgan fingerprint density at radius 1 is 1.24 bits per heavy atom. The van der Waals surface area contributed by atoms with Crippen molar-refractivity contribution in [3.8, 4) is 5.75 Å². The number of methoxy groups -OCH3 is 1. The number of rotatable bonds is 5. The quantitative estimate of drug-likeness (QED) is 0.788. The summed E-state index contributed by atoms with van der Waals surface area (Å²) in [7, 11) is 1.63. The summed E-state index contributed by atoms with van der Waals surface area (Å²) < 4.78 is 6.17. The number of hydrogen-bond acceptors (Lipinski definition) is 3. The summed E-state index contributed by atoms with van der Waals surface area (Å²) in [4.78, 5) is 13.2. The molecule has 1 N–H and O–H groups in total. The first-order valence-corrected chi connectivity index (χ1v) is 8.13. The number of carbonyl (C=O) groups is 1. The van der Waals surface area contributed by atoms with Crippen molar-refractivity contribution in [2.45, 2.75) is 17.1 Å². The zero-order valence-corrected chi connectivity index (χ0v) is 14.2. The van der Waals surface area contributed by atoms with Crippen LogP contribution in [0.5, 0.6) is 5.75 Å². The summed E-state index contributed by atoms with van der Waals surface area (Å²) in [5.41, 5.74) is 0.793. The van der Waals surface area contributed by atoms with Crippen LogP contribution in [0.15, 0.2) is 57.9 Å². The van der Waals surface area contributed by atoms with E-state index in [1.54, 1.807) is 7.11 Å². The van der Waals surface area contributed by atoms with Gasteiger partial charge < -0.3 is 10.1 Å². The summed E-state index contributed by atoms with van der Waals surface area (Å²) in [6, 6.07) is 15.2. The molecule has 2 rings (SSSR count). The molecule has 21 heavy (non-hydrogen) atoms. The van der Waals surface area contributed by atoms with Crippen LogP contribution in [0.3, 0.4) is 0 Å². The first-order chi connectivity index (χ1) is 10.1. The minimum absolute atomic E-state index is 0.0230. The molecule has 1 unspecified atom stereocenters. The molecule has 0 aromatic heterocycles. The summed E-state index contributed by atoms with van der Waals surface area (Å²) in [5.74, 6) is 0.769. The van der Waals surface area contributed by atoms with Gasteiger partial charge in [0.1, 0.15) is 5.75 Å². The maximum atomic E-state index is 12.2. The predicted octanol–water partition coefficient (Wildman–Crippen LogP) is 4.58. The van der Waals surface area contributed by atoms with Crippen molar-refractivity contribution in [1.82, 2.24) is 0 Å². The Morgan fingerprint density at radius 2 is 1.95 bits per heavy atom. The molecule has 5 heteroatoms. The zero-order chi connectivity index (χ0) is 15.2. The summed E-state index contributed by atoms with van der Waals surface area (Å²) in [6.07, 6.45) is 0. The van der Waals surface area contributed by atoms with Gasteiger partial charge in [-0.2, -0.15) is 0 Å². The fourth-order valence-corrected chi connectivity index (χ4v) is 2.89. The SMILES string of the molecule is COc1cccc(SC(C)C(=O)Nc2ccc(Br)cc2)c1. The Bertz CT molecular complexity index is 616. The third-order valence-corrected chi connectivity index (χ3v) is 4.46. The standard InChI is InChI=1S/C16H16BrNO2S/c1-11(21-15-5-3-4-14(10-15)20-2)16(19)18-13-8-6-12(17)7-9-13/h3-11H,1-2H3,(H,18,19). The van der Waals surface area contributed by atoms with Crippen molar-refractivity contribution in [1.29, 1.82) is 0 Å². The number of thioether (sulfide) groups is 1. The van der Waals surface area contributed by atoms with Crippen LogP contribution in [0, 0.1) is 0 Å². The van der Waals surface area contributed by atoms with Crippen molar-refractivity contribution in [2.24, 2.45) is 0 Å². The smallest absolute Gasteiger partial charge is 0.237 e. The molecule has 0 aliphatic carbocycles. The summed E-state index contributed by atoms with van der Waals surface area (Å²) >= 11 is 4.87. The van der Waals surface area contributed by atoms with Crippen molar-refractivity contribution in [3.63, 3.8) is 0 Å². The number of anilines is 1. The largest absolute Gasteiger partial charge is 0.497 e. The van der Waals surface area contributed by atoms with E-state index in [1.165, 1.54) is 11.8 Å². The second kappa shape index (κ2) is 7.52. The Labute approximate surface area is 137 Å². The van der Waals surface area contributed by atoms with Crippen LogP contribution < -0.4 is 10.1 Å². The maximum Gasteiger partial charge on any atom is 0.237 e. The fourth-order valence-electron chi connectivity index (χ4n) is 1.71. The molecule has 1 atom stereocenters. The zero-order valence-electron chi connectivity index (χ0n) is 11.8. The highest BCUT2D eigenvalue weighted by Gasteiger charge is 2.14. The van der Waals surface area contributed by atoms with E-state index in [0.717, 1.165) is 20.8 Å². The molecule has 1 amide bonds. The van der Waals surface area contributed by atoms with E-state index in [-0.39, 0.29) is 11.2 Å². The van der Waals surface area contributed by atoms with Crippen LogP contribution in [0.4, 0.5) is 5.69 Å². The normalized spacial score (nSPS) is 11.8. The number of nitrogens with one attached hydrogen (secondary N) is 1. The molecule has 110 valence electrons. The second-order valence-corrected chi connectivity index (χ2v) is 6.77. The van der Waals surface area contributed by atoms with Gasteiger partial charge in [0, 0.05) is 15.1 Å². The van der Waals surface area contributed by atoms with Crippen molar-refractivity contribution in [2.75, 3.05) is 12.4 Å². The van der Waals surface area contributed by atoms with E-state index in [0.29, 0.717) is 0 Å². The van der Waals surface area contributed by atoms with E-state index >= 15 is 0 Å². The Kier molecular flexibility index (Phi) is 5.70. The third-order valence-electron chi connectivity index (χ3n) is 2.84. The molecule has 2 aromatic rings. The molecule has 3 nitrogen and oxygen atoms in total. The molecule has 0 aliphatic rings. The Morgan fingerprint density at radius 3 is 2.62 bits per heavy atom. The van der Waals surface area contributed by atoms with Gasteiger partial charge >= 0.3 is 0 Å². The molecular weight excluding hydrogens is 350 g/mol. The lowest BCUT2D eigenvalue weighted by Crippen LogP contribution is -2.22. The molecule has 0 heterocycles. The van der Waals surface area contributed by atoms with E-state index in [2.05, 4.69) is 21.2 Å². The molecule has 0 saturated carbocycles. The molecule has 0 bridgehead atoms. The van der Waals surface area contributed by atoms with Gasteiger partial charge in [-0.1, -0.05) is 22.0 Å². The highest BCUT2D eigenvalue weighted by molar-refractivity contribution is 9.10. The van der Waals surface area contributed by atoms with Crippen LogP contribution in [0.25, 0.3) is 0 Å². The first-order valence-electron chi connectivity index (χ1n) is 6.45. The lowest BCUT2D eigenvalue weighted by Gasteiger charge is -2.12. The Balaban J connectivity index is 1.97. The monoisotopic (exact) mass is 365 g/mol. The minimum atomic E-state index is -0.194. The first kappa shape index (κ1) is 15.9. The topological polar surface area (TPSA) is 38.3 Å². The van der Waals surface area contributed by atoms with Crippen molar-refractivity contribution < 1.29 is 9.53 Å². The number of hydrogen-bond donors (Lipinski definition) is 1. The average Bonchev–Trinajstić information content (AvgIpc) is 2.49. The van der Waals surface area contributed by atoms with Gasteiger partial charge in [-0.05, 0) is 49.4 Å². The minimum Gasteiger partial charge on any atom is -0.497 e. The average molecular weight is 366 g/mol. The number of benzene rings is 2. The van der Waals surface area contributed by atoms with Crippen LogP contribution in [0.2, 0.25) is 0 Å². The summed E-state index contributed by atoms with van der Waals surface area (Å²) in [6.45, 7) is 1.89. The van der Waals surface area contributed by atoms with Gasteiger partial charge in [0.2, 0.25) is 5.91 Å².